The van der Waals surface area contributed by atoms with Gasteiger partial charge in [0.2, 0.25) is 5.91 Å². The average Bonchev–Trinajstić information content (AvgIpc) is 3.52. The number of fused-ring (bicyclic) bond motifs is 1. The van der Waals surface area contributed by atoms with E-state index in [9.17, 15) is 4.79 Å². The van der Waals surface area contributed by atoms with Gasteiger partial charge in [0, 0.05) is 24.0 Å². The van der Waals surface area contributed by atoms with E-state index >= 15 is 0 Å². The zero-order valence-electron chi connectivity index (χ0n) is 25.1. The number of hydrogen-bond donors (Lipinski definition) is 2. The van der Waals surface area contributed by atoms with E-state index in [2.05, 4.69) is 33.7 Å². The maximum absolute atomic E-state index is 12.2. The maximum Gasteiger partial charge on any atom is 0.234 e. The molecule has 2 atom stereocenters. The van der Waals surface area contributed by atoms with E-state index in [4.69, 9.17) is 14.2 Å². The van der Waals surface area contributed by atoms with Crippen LogP contribution in [-0.4, -0.2) is 60.4 Å². The molecule has 1 unspecified atom stereocenters. The van der Waals surface area contributed by atoms with Gasteiger partial charge in [0.15, 0.2) is 11.5 Å². The van der Waals surface area contributed by atoms with Crippen molar-refractivity contribution in [3.8, 4) is 17.2 Å². The first kappa shape index (κ1) is 30.0. The number of H-pyrrole nitrogens is 1. The molecule has 1 amide bonds. The van der Waals surface area contributed by atoms with E-state index in [1.165, 1.54) is 31.4 Å². The predicted molar refractivity (Wildman–Crippen MR) is 164 cm³/mol. The number of carbonyl (C=O) groups is 1. The summed E-state index contributed by atoms with van der Waals surface area (Å²) < 4.78 is 18.7. The minimum absolute atomic E-state index is 0.0104. The van der Waals surface area contributed by atoms with Gasteiger partial charge >= 0.3 is 0 Å². The lowest BCUT2D eigenvalue weighted by molar-refractivity contribution is -0.122. The van der Waals surface area contributed by atoms with Crippen molar-refractivity contribution < 1.29 is 19.0 Å². The molecule has 226 valence electrons. The van der Waals surface area contributed by atoms with Gasteiger partial charge in [0.05, 0.1) is 6.54 Å². The Balaban J connectivity index is 1.12. The Labute approximate surface area is 250 Å². The number of nitrogens with zero attached hydrogens (tertiary/aromatic N) is 2. The van der Waals surface area contributed by atoms with Crippen LogP contribution in [0.3, 0.4) is 0 Å². The summed E-state index contributed by atoms with van der Waals surface area (Å²) in [7, 11) is 3.86. The topological polar surface area (TPSA) is 88.7 Å². The molecular weight excluding hydrogens is 528 g/mol. The number of ether oxygens (including phenoxy) is 3. The Morgan fingerprint density at radius 3 is 2.67 bits per heavy atom. The maximum atomic E-state index is 12.2. The molecule has 1 fully saturated rings. The van der Waals surface area contributed by atoms with Crippen LogP contribution in [0.15, 0.2) is 60.8 Å². The fourth-order valence-electron chi connectivity index (χ4n) is 6.21. The fraction of sp³-hybridized carbons (Fsp3) is 0.529. The Morgan fingerprint density at radius 1 is 1.07 bits per heavy atom. The molecule has 2 heterocycles. The van der Waals surface area contributed by atoms with E-state index in [-0.39, 0.29) is 12.0 Å². The molecule has 2 aliphatic rings. The van der Waals surface area contributed by atoms with E-state index in [0.29, 0.717) is 31.7 Å². The highest BCUT2D eigenvalue weighted by Crippen LogP contribution is 2.38. The van der Waals surface area contributed by atoms with Crippen LogP contribution >= 0.6 is 0 Å². The van der Waals surface area contributed by atoms with E-state index in [1.807, 2.05) is 61.6 Å². The normalized spacial score (nSPS) is 20.7. The number of aromatic amines is 1. The minimum Gasteiger partial charge on any atom is -0.489 e. The van der Waals surface area contributed by atoms with Gasteiger partial charge in [-0.05, 0) is 94.6 Å². The van der Waals surface area contributed by atoms with Crippen molar-refractivity contribution in [3.05, 3.63) is 72.1 Å². The van der Waals surface area contributed by atoms with Crippen molar-refractivity contribution in [2.24, 2.45) is 11.8 Å². The summed E-state index contributed by atoms with van der Waals surface area (Å²) in [5.74, 6) is 3.70. The number of aromatic nitrogens is 2. The quantitative estimate of drug-likeness (QED) is 0.254. The van der Waals surface area contributed by atoms with Gasteiger partial charge < -0.3 is 24.4 Å². The first-order valence-corrected chi connectivity index (χ1v) is 15.5. The minimum atomic E-state index is 0.0104. The second-order valence-corrected chi connectivity index (χ2v) is 12.3. The molecule has 3 aromatic rings. The van der Waals surface area contributed by atoms with E-state index < -0.39 is 0 Å². The molecule has 0 saturated heterocycles. The second-order valence-electron chi connectivity index (χ2n) is 12.3. The van der Waals surface area contributed by atoms with Gasteiger partial charge in [-0.2, -0.15) is 5.10 Å². The summed E-state index contributed by atoms with van der Waals surface area (Å²) in [6, 6.07) is 18.4. The molecular formula is C34H46N4O4. The van der Waals surface area contributed by atoms with Crippen molar-refractivity contribution in [3.63, 3.8) is 0 Å². The van der Waals surface area contributed by atoms with Gasteiger partial charge in [0.1, 0.15) is 25.1 Å². The third-order valence-corrected chi connectivity index (χ3v) is 8.51. The van der Waals surface area contributed by atoms with Gasteiger partial charge in [0.25, 0.3) is 0 Å². The number of aryl methyl sites for hydroxylation is 1. The van der Waals surface area contributed by atoms with Crippen LogP contribution in [0.1, 0.15) is 62.6 Å². The Hall–Kier alpha value is -3.52. The molecule has 0 radical (unpaired) electrons. The number of hydrogen-bond acceptors (Lipinski definition) is 6. The number of amides is 1. The summed E-state index contributed by atoms with van der Waals surface area (Å²) in [5, 5.41) is 10.5. The molecule has 1 aliphatic heterocycles. The third-order valence-electron chi connectivity index (χ3n) is 8.51. The van der Waals surface area contributed by atoms with Crippen molar-refractivity contribution in [2.75, 3.05) is 27.2 Å². The van der Waals surface area contributed by atoms with Gasteiger partial charge in [-0.25, -0.2) is 0 Å². The number of benzene rings is 2. The molecule has 1 aromatic heterocycles. The van der Waals surface area contributed by atoms with Crippen LogP contribution in [0.5, 0.6) is 17.2 Å². The summed E-state index contributed by atoms with van der Waals surface area (Å²) in [6.45, 7) is 1.54. The molecule has 5 rings (SSSR count). The fourth-order valence-corrected chi connectivity index (χ4v) is 6.21. The van der Waals surface area contributed by atoms with Crippen LogP contribution in [0.2, 0.25) is 0 Å². The monoisotopic (exact) mass is 574 g/mol. The summed E-state index contributed by atoms with van der Waals surface area (Å²) in [4.78, 5) is 14.1. The first-order chi connectivity index (χ1) is 20.5. The number of carbonyl (C=O) groups excluding carboxylic acids is 1. The van der Waals surface area contributed by atoms with Crippen LogP contribution in [0.4, 0.5) is 0 Å². The van der Waals surface area contributed by atoms with E-state index in [1.54, 1.807) is 0 Å². The SMILES string of the molecule is CN(C)CC(=O)NC1CCC(CCC(CCc2ccn[nH]2)C[C@@H]2COc3ccc(OCc4ccccc4)cc3O2)CC1. The Kier molecular flexibility index (Phi) is 10.8. The molecule has 42 heavy (non-hydrogen) atoms. The molecule has 0 bridgehead atoms. The molecule has 8 nitrogen and oxygen atoms in total. The molecule has 2 N–H and O–H groups in total. The highest BCUT2D eigenvalue weighted by Gasteiger charge is 2.27. The number of nitrogens with one attached hydrogen (secondary N) is 2. The largest absolute Gasteiger partial charge is 0.489 e. The lowest BCUT2D eigenvalue weighted by Gasteiger charge is -2.32. The zero-order chi connectivity index (χ0) is 29.1. The highest BCUT2D eigenvalue weighted by atomic mass is 16.6. The smallest absolute Gasteiger partial charge is 0.234 e. The van der Waals surface area contributed by atoms with E-state index in [0.717, 1.165) is 60.8 Å². The predicted octanol–water partition coefficient (Wildman–Crippen LogP) is 5.78. The van der Waals surface area contributed by atoms with Gasteiger partial charge in [-0.3, -0.25) is 9.89 Å². The third kappa shape index (κ3) is 9.24. The standard InChI is InChI=1S/C34H46N4O4/c1-38(2)22-34(39)36-28-13-10-25(11-14-28)8-9-26(12-15-29-18-19-35-37-29)20-31-24-41-32-17-16-30(21-33(32)42-31)40-23-27-6-4-3-5-7-27/h3-7,16-19,21,25-26,28,31H,8-15,20,22-24H2,1-2H3,(H,35,37)(H,36,39)/t25?,26?,28?,31-/m1/s1. The summed E-state index contributed by atoms with van der Waals surface area (Å²) in [6.07, 6.45) is 11.8. The molecule has 8 heteroatoms. The van der Waals surface area contributed by atoms with Crippen LogP contribution in [-0.2, 0) is 17.8 Å². The van der Waals surface area contributed by atoms with Gasteiger partial charge in [-0.15, -0.1) is 0 Å². The average molecular weight is 575 g/mol. The Bertz CT molecular complexity index is 1230. The summed E-state index contributed by atoms with van der Waals surface area (Å²) >= 11 is 0. The van der Waals surface area contributed by atoms with Crippen LogP contribution in [0, 0.1) is 11.8 Å². The van der Waals surface area contributed by atoms with Crippen molar-refractivity contribution in [2.45, 2.75) is 76.5 Å². The van der Waals surface area contributed by atoms with Crippen LogP contribution in [0.25, 0.3) is 0 Å². The second kappa shape index (κ2) is 15.1. The van der Waals surface area contributed by atoms with Crippen molar-refractivity contribution >= 4 is 5.91 Å². The number of rotatable bonds is 14. The van der Waals surface area contributed by atoms with Crippen LogP contribution < -0.4 is 19.5 Å². The zero-order valence-corrected chi connectivity index (χ0v) is 25.1. The molecule has 1 aliphatic carbocycles. The number of likely N-dealkylation sites (N-methyl/N-ethyl adjacent to an activating group) is 1. The van der Waals surface area contributed by atoms with Gasteiger partial charge in [-0.1, -0.05) is 43.2 Å². The Morgan fingerprint density at radius 2 is 1.90 bits per heavy atom. The first-order valence-electron chi connectivity index (χ1n) is 15.5. The lowest BCUT2D eigenvalue weighted by atomic mass is 9.80. The molecule has 1 saturated carbocycles. The molecule has 0 spiro atoms. The highest BCUT2D eigenvalue weighted by molar-refractivity contribution is 5.78. The van der Waals surface area contributed by atoms with Crippen molar-refractivity contribution in [1.29, 1.82) is 0 Å². The lowest BCUT2D eigenvalue weighted by Crippen LogP contribution is -2.41. The molecule has 2 aromatic carbocycles. The summed E-state index contributed by atoms with van der Waals surface area (Å²) in [5.41, 5.74) is 2.31. The van der Waals surface area contributed by atoms with Crippen molar-refractivity contribution in [1.82, 2.24) is 20.4 Å².